The van der Waals surface area contributed by atoms with Crippen LogP contribution in [0.4, 0.5) is 0 Å². The third-order valence-electron chi connectivity index (χ3n) is 1.91. The van der Waals surface area contributed by atoms with E-state index in [9.17, 15) is 9.59 Å². The minimum absolute atomic E-state index is 0.0422. The predicted octanol–water partition coefficient (Wildman–Crippen LogP) is 1.15. The molecule has 1 aromatic rings. The molecule has 6 nitrogen and oxygen atoms in total. The molecule has 1 unspecified atom stereocenters. The summed E-state index contributed by atoms with van der Waals surface area (Å²) < 4.78 is 4.80. The summed E-state index contributed by atoms with van der Waals surface area (Å²) in [6.07, 6.45) is 0. The van der Waals surface area contributed by atoms with Crippen LogP contribution in [0.1, 0.15) is 29.0 Å². The Kier molecular flexibility index (Phi) is 3.46. The third kappa shape index (κ3) is 2.17. The van der Waals surface area contributed by atoms with Gasteiger partial charge in [0.1, 0.15) is 0 Å². The van der Waals surface area contributed by atoms with Crippen molar-refractivity contribution in [3.63, 3.8) is 0 Å². The van der Waals surface area contributed by atoms with Gasteiger partial charge >= 0.3 is 11.9 Å². The lowest BCUT2D eigenvalue weighted by molar-refractivity contribution is -0.138. The summed E-state index contributed by atoms with van der Waals surface area (Å²) in [5.41, 5.74) is 0.378. The van der Waals surface area contributed by atoms with Gasteiger partial charge in [-0.15, -0.1) is 0 Å². The summed E-state index contributed by atoms with van der Waals surface area (Å²) in [4.78, 5) is 21.9. The second kappa shape index (κ2) is 4.43. The fourth-order valence-electron chi connectivity index (χ4n) is 0.984. The van der Waals surface area contributed by atoms with Crippen LogP contribution in [0.3, 0.4) is 0 Å². The van der Waals surface area contributed by atoms with Crippen molar-refractivity contribution in [3.05, 3.63) is 15.9 Å². The van der Waals surface area contributed by atoms with Crippen LogP contribution >= 0.6 is 15.9 Å². The van der Waals surface area contributed by atoms with Crippen LogP contribution in [0.15, 0.2) is 4.47 Å². The first-order chi connectivity index (χ1) is 6.99. The highest BCUT2D eigenvalue weighted by Gasteiger charge is 2.24. The van der Waals surface area contributed by atoms with Gasteiger partial charge < -0.3 is 9.84 Å². The molecule has 0 bridgehead atoms. The van der Waals surface area contributed by atoms with E-state index in [-0.39, 0.29) is 5.69 Å². The second-order valence-electron chi connectivity index (χ2n) is 2.85. The molecule has 82 valence electrons. The largest absolute Gasteiger partial charge is 0.481 e. The first kappa shape index (κ1) is 11.7. The van der Waals surface area contributed by atoms with Gasteiger partial charge in [0.2, 0.25) is 0 Å². The van der Waals surface area contributed by atoms with Crippen molar-refractivity contribution in [1.82, 2.24) is 10.2 Å². The molecular formula is C8H9BrN2O4. The van der Waals surface area contributed by atoms with E-state index in [1.54, 1.807) is 0 Å². The summed E-state index contributed by atoms with van der Waals surface area (Å²) in [5, 5.41) is 15.0. The lowest BCUT2D eigenvalue weighted by Crippen LogP contribution is -2.08. The van der Waals surface area contributed by atoms with Crippen molar-refractivity contribution >= 4 is 27.9 Å². The molecular weight excluding hydrogens is 268 g/mol. The average Bonchev–Trinajstić information content (AvgIpc) is 2.57. The van der Waals surface area contributed by atoms with Crippen molar-refractivity contribution in [2.45, 2.75) is 12.8 Å². The Bertz CT molecular complexity index is 401. The molecule has 0 spiro atoms. The normalized spacial score (nSPS) is 12.2. The highest BCUT2D eigenvalue weighted by atomic mass is 79.9. The lowest BCUT2D eigenvalue weighted by atomic mass is 10.1. The van der Waals surface area contributed by atoms with E-state index < -0.39 is 17.9 Å². The number of aromatic nitrogens is 2. The standard InChI is InChI=1S/C8H9BrN2O4/c1-3(7(12)13)5-4(9)6(11-10-5)8(14)15-2/h3H,1-2H3,(H,10,11)(H,12,13). The molecule has 0 saturated heterocycles. The van der Waals surface area contributed by atoms with E-state index in [4.69, 9.17) is 5.11 Å². The molecule has 7 heteroatoms. The van der Waals surface area contributed by atoms with Crippen molar-refractivity contribution < 1.29 is 19.4 Å². The quantitative estimate of drug-likeness (QED) is 0.808. The maximum atomic E-state index is 11.2. The molecule has 1 atom stereocenters. The predicted molar refractivity (Wildman–Crippen MR) is 53.7 cm³/mol. The van der Waals surface area contributed by atoms with E-state index in [2.05, 4.69) is 30.9 Å². The minimum atomic E-state index is -1.00. The summed E-state index contributed by atoms with van der Waals surface area (Å²) >= 11 is 3.10. The van der Waals surface area contributed by atoms with Gasteiger partial charge in [-0.3, -0.25) is 9.89 Å². The number of hydrogen-bond acceptors (Lipinski definition) is 4. The Morgan fingerprint density at radius 3 is 2.67 bits per heavy atom. The third-order valence-corrected chi connectivity index (χ3v) is 2.72. The van der Waals surface area contributed by atoms with Crippen molar-refractivity contribution in [1.29, 1.82) is 0 Å². The number of nitrogens with zero attached hydrogens (tertiary/aromatic N) is 1. The van der Waals surface area contributed by atoms with E-state index in [1.807, 2.05) is 0 Å². The van der Waals surface area contributed by atoms with Crippen LogP contribution < -0.4 is 0 Å². The van der Waals surface area contributed by atoms with E-state index in [0.717, 1.165) is 0 Å². The van der Waals surface area contributed by atoms with Crippen molar-refractivity contribution in [3.8, 4) is 0 Å². The Balaban J connectivity index is 3.09. The van der Waals surface area contributed by atoms with Gasteiger partial charge in [0.15, 0.2) is 5.69 Å². The molecule has 1 aromatic heterocycles. The number of methoxy groups -OCH3 is 1. The zero-order chi connectivity index (χ0) is 11.6. The van der Waals surface area contributed by atoms with Crippen LogP contribution in [0.5, 0.6) is 0 Å². The molecule has 1 rings (SSSR count). The molecule has 1 heterocycles. The highest BCUT2D eigenvalue weighted by Crippen LogP contribution is 2.26. The molecule has 0 fully saturated rings. The van der Waals surface area contributed by atoms with Gasteiger partial charge in [0.05, 0.1) is 23.2 Å². The summed E-state index contributed by atoms with van der Waals surface area (Å²) in [6, 6.07) is 0. The number of carbonyl (C=O) groups excluding carboxylic acids is 1. The van der Waals surface area contributed by atoms with Crippen LogP contribution in [-0.2, 0) is 9.53 Å². The van der Waals surface area contributed by atoms with Gasteiger partial charge in [-0.1, -0.05) is 0 Å². The van der Waals surface area contributed by atoms with Crippen LogP contribution in [-0.4, -0.2) is 34.4 Å². The summed E-state index contributed by atoms with van der Waals surface area (Å²) in [6.45, 7) is 1.49. The number of hydrogen-bond donors (Lipinski definition) is 2. The maximum absolute atomic E-state index is 11.2. The molecule has 0 radical (unpaired) electrons. The molecule has 0 aliphatic carbocycles. The SMILES string of the molecule is COC(=O)c1n[nH]c(C(C)C(=O)O)c1Br. The van der Waals surface area contributed by atoms with Crippen LogP contribution in [0.25, 0.3) is 0 Å². The Hall–Kier alpha value is -1.37. The first-order valence-electron chi connectivity index (χ1n) is 4.04. The molecule has 0 amide bonds. The van der Waals surface area contributed by atoms with Crippen molar-refractivity contribution in [2.24, 2.45) is 0 Å². The van der Waals surface area contributed by atoms with Crippen LogP contribution in [0.2, 0.25) is 0 Å². The fourth-order valence-corrected chi connectivity index (χ4v) is 1.67. The number of carboxylic acids is 1. The smallest absolute Gasteiger partial charge is 0.359 e. The maximum Gasteiger partial charge on any atom is 0.359 e. The van der Waals surface area contributed by atoms with Crippen molar-refractivity contribution in [2.75, 3.05) is 7.11 Å². The number of aromatic amines is 1. The van der Waals surface area contributed by atoms with E-state index in [0.29, 0.717) is 10.2 Å². The monoisotopic (exact) mass is 276 g/mol. The van der Waals surface area contributed by atoms with E-state index in [1.165, 1.54) is 14.0 Å². The molecule has 15 heavy (non-hydrogen) atoms. The number of aliphatic carboxylic acids is 1. The van der Waals surface area contributed by atoms with Gasteiger partial charge in [0.25, 0.3) is 0 Å². The zero-order valence-electron chi connectivity index (χ0n) is 8.07. The molecule has 0 aromatic carbocycles. The number of esters is 1. The van der Waals surface area contributed by atoms with Crippen LogP contribution in [0, 0.1) is 0 Å². The number of H-pyrrole nitrogens is 1. The zero-order valence-corrected chi connectivity index (χ0v) is 9.66. The molecule has 2 N–H and O–H groups in total. The number of halogens is 1. The van der Waals surface area contributed by atoms with Gasteiger partial charge in [-0.25, -0.2) is 4.79 Å². The minimum Gasteiger partial charge on any atom is -0.481 e. The second-order valence-corrected chi connectivity index (χ2v) is 3.64. The molecule has 0 aliphatic heterocycles. The Labute approximate surface area is 93.8 Å². The topological polar surface area (TPSA) is 92.3 Å². The highest BCUT2D eigenvalue weighted by molar-refractivity contribution is 9.10. The summed E-state index contributed by atoms with van der Waals surface area (Å²) in [5.74, 6) is -2.40. The fraction of sp³-hybridized carbons (Fsp3) is 0.375. The summed E-state index contributed by atoms with van der Waals surface area (Å²) in [7, 11) is 1.23. The number of carboxylic acid groups (broad SMARTS) is 1. The Morgan fingerprint density at radius 2 is 2.20 bits per heavy atom. The Morgan fingerprint density at radius 1 is 1.60 bits per heavy atom. The van der Waals surface area contributed by atoms with Gasteiger partial charge in [-0.05, 0) is 22.9 Å². The number of ether oxygens (including phenoxy) is 1. The number of rotatable bonds is 3. The number of nitrogens with one attached hydrogen (secondary N) is 1. The molecule has 0 aliphatic rings. The first-order valence-corrected chi connectivity index (χ1v) is 4.83. The van der Waals surface area contributed by atoms with E-state index >= 15 is 0 Å². The van der Waals surface area contributed by atoms with Gasteiger partial charge in [0, 0.05) is 0 Å². The average molecular weight is 277 g/mol. The van der Waals surface area contributed by atoms with Gasteiger partial charge in [-0.2, -0.15) is 5.10 Å². The number of carbonyl (C=O) groups is 2. The molecule has 0 saturated carbocycles. The lowest BCUT2D eigenvalue weighted by Gasteiger charge is -2.02.